The first-order valence-corrected chi connectivity index (χ1v) is 10.9. The minimum Gasteiger partial charge on any atom is -0.335 e. The Hall–Kier alpha value is -3.98. The Labute approximate surface area is 190 Å². The fraction of sp³-hybridized carbons (Fsp3) is 0.250. The van der Waals surface area contributed by atoms with Gasteiger partial charge in [-0.3, -0.25) is 24.5 Å². The molecule has 0 bridgehead atoms. The maximum absolute atomic E-state index is 12.9. The van der Waals surface area contributed by atoms with Crippen LogP contribution in [0.15, 0.2) is 71.9 Å². The van der Waals surface area contributed by atoms with Crippen LogP contribution in [-0.2, 0) is 6.54 Å². The normalized spacial score (nSPS) is 14.5. The molecule has 0 unspecified atom stereocenters. The van der Waals surface area contributed by atoms with E-state index in [4.69, 9.17) is 0 Å². The van der Waals surface area contributed by atoms with Crippen molar-refractivity contribution in [3.8, 4) is 11.3 Å². The minimum atomic E-state index is -0.128. The Kier molecular flexibility index (Phi) is 5.86. The number of carbonyl (C=O) groups excluding carboxylic acids is 1. The summed E-state index contributed by atoms with van der Waals surface area (Å²) in [4.78, 5) is 42.1. The number of amides is 1. The van der Waals surface area contributed by atoms with Gasteiger partial charge in [-0.05, 0) is 30.3 Å². The Morgan fingerprint density at radius 3 is 2.42 bits per heavy atom. The lowest BCUT2D eigenvalue weighted by atomic mass is 10.2. The molecule has 9 heteroatoms. The molecule has 1 aromatic carbocycles. The first-order chi connectivity index (χ1) is 16.2. The molecule has 0 spiro atoms. The molecule has 1 saturated heterocycles. The SMILES string of the molecule is O=C(c1cnc2ccccc2n1)N1CCN(CCn2nc(-c3ccncc3)ccc2=O)CC1. The summed E-state index contributed by atoms with van der Waals surface area (Å²) in [5, 5.41) is 4.50. The molecule has 3 aromatic heterocycles. The quantitative estimate of drug-likeness (QED) is 0.465. The molecule has 1 fully saturated rings. The number of benzene rings is 1. The Morgan fingerprint density at radius 1 is 0.879 bits per heavy atom. The van der Waals surface area contributed by atoms with Gasteiger partial charge in [-0.1, -0.05) is 12.1 Å². The fourth-order valence-electron chi connectivity index (χ4n) is 3.92. The highest BCUT2D eigenvalue weighted by Gasteiger charge is 2.23. The monoisotopic (exact) mass is 441 g/mol. The first-order valence-electron chi connectivity index (χ1n) is 10.9. The van der Waals surface area contributed by atoms with Crippen molar-refractivity contribution in [2.45, 2.75) is 6.54 Å². The van der Waals surface area contributed by atoms with Gasteiger partial charge < -0.3 is 4.90 Å². The van der Waals surface area contributed by atoms with Gasteiger partial charge in [-0.2, -0.15) is 5.10 Å². The van der Waals surface area contributed by atoms with Crippen LogP contribution in [0.3, 0.4) is 0 Å². The van der Waals surface area contributed by atoms with Crippen LogP contribution >= 0.6 is 0 Å². The molecule has 0 N–H and O–H groups in total. The zero-order valence-corrected chi connectivity index (χ0v) is 18.0. The number of aromatic nitrogens is 5. The zero-order chi connectivity index (χ0) is 22.6. The number of hydrogen-bond acceptors (Lipinski definition) is 7. The summed E-state index contributed by atoms with van der Waals surface area (Å²) in [6.45, 7) is 3.84. The number of para-hydroxylation sites is 2. The van der Waals surface area contributed by atoms with Gasteiger partial charge in [0, 0.05) is 56.7 Å². The van der Waals surface area contributed by atoms with Crippen molar-refractivity contribution < 1.29 is 4.79 Å². The lowest BCUT2D eigenvalue weighted by Crippen LogP contribution is -2.49. The molecule has 1 aliphatic rings. The average molecular weight is 441 g/mol. The lowest BCUT2D eigenvalue weighted by molar-refractivity contribution is 0.0625. The number of nitrogens with zero attached hydrogens (tertiary/aromatic N) is 7. The van der Waals surface area contributed by atoms with Crippen molar-refractivity contribution >= 4 is 16.9 Å². The van der Waals surface area contributed by atoms with Crippen molar-refractivity contribution in [2.24, 2.45) is 0 Å². The predicted octanol–water partition coefficient (Wildman–Crippen LogP) is 1.71. The van der Waals surface area contributed by atoms with E-state index in [1.54, 1.807) is 30.7 Å². The maximum atomic E-state index is 12.9. The van der Waals surface area contributed by atoms with Crippen LogP contribution in [0.4, 0.5) is 0 Å². The van der Waals surface area contributed by atoms with Gasteiger partial charge in [0.15, 0.2) is 0 Å². The molecule has 1 aliphatic heterocycles. The third-order valence-electron chi connectivity index (χ3n) is 5.80. The highest BCUT2D eigenvalue weighted by atomic mass is 16.2. The first kappa shape index (κ1) is 20.9. The molecular formula is C24H23N7O2. The molecule has 1 amide bonds. The van der Waals surface area contributed by atoms with Crippen molar-refractivity contribution in [3.05, 3.63) is 83.2 Å². The smallest absolute Gasteiger partial charge is 0.274 e. The molecule has 0 aliphatic carbocycles. The van der Waals surface area contributed by atoms with Crippen LogP contribution in [0.2, 0.25) is 0 Å². The van der Waals surface area contributed by atoms with Crippen LogP contribution < -0.4 is 5.56 Å². The second kappa shape index (κ2) is 9.25. The fourth-order valence-corrected chi connectivity index (χ4v) is 3.92. The molecule has 5 rings (SSSR count). The number of pyridine rings is 1. The Bertz CT molecular complexity index is 1330. The van der Waals surface area contributed by atoms with E-state index < -0.39 is 0 Å². The third kappa shape index (κ3) is 4.63. The summed E-state index contributed by atoms with van der Waals surface area (Å²) in [5.74, 6) is -0.101. The van der Waals surface area contributed by atoms with E-state index in [2.05, 4.69) is 25.0 Å². The van der Waals surface area contributed by atoms with E-state index in [1.807, 2.05) is 41.3 Å². The van der Waals surface area contributed by atoms with Gasteiger partial charge in [-0.25, -0.2) is 9.67 Å². The number of piperazine rings is 1. The number of fused-ring (bicyclic) bond motifs is 1. The van der Waals surface area contributed by atoms with E-state index in [-0.39, 0.29) is 11.5 Å². The topological polar surface area (TPSA) is 97.1 Å². The second-order valence-electron chi connectivity index (χ2n) is 7.89. The molecule has 4 aromatic rings. The molecule has 4 heterocycles. The standard InChI is InChI=1S/C24H23N7O2/c32-23-6-5-19(18-7-9-25-10-8-18)28-31(23)16-13-29-11-14-30(15-12-29)24(33)22-17-26-20-3-1-2-4-21(20)27-22/h1-10,17H,11-16H2. The average Bonchev–Trinajstić information content (AvgIpc) is 2.88. The van der Waals surface area contributed by atoms with E-state index >= 15 is 0 Å². The number of hydrogen-bond donors (Lipinski definition) is 0. The van der Waals surface area contributed by atoms with Crippen LogP contribution in [0.25, 0.3) is 22.3 Å². The van der Waals surface area contributed by atoms with Crippen molar-refractivity contribution in [2.75, 3.05) is 32.7 Å². The zero-order valence-electron chi connectivity index (χ0n) is 18.0. The van der Waals surface area contributed by atoms with E-state index in [1.165, 1.54) is 4.68 Å². The van der Waals surface area contributed by atoms with Gasteiger partial charge in [0.05, 0.1) is 29.5 Å². The number of rotatable bonds is 5. The maximum Gasteiger partial charge on any atom is 0.274 e. The van der Waals surface area contributed by atoms with Gasteiger partial charge >= 0.3 is 0 Å². The lowest BCUT2D eigenvalue weighted by Gasteiger charge is -2.34. The number of carbonyl (C=O) groups is 1. The molecule has 166 valence electrons. The molecular weight excluding hydrogens is 418 g/mol. The van der Waals surface area contributed by atoms with E-state index in [0.29, 0.717) is 37.4 Å². The Morgan fingerprint density at radius 2 is 1.64 bits per heavy atom. The summed E-state index contributed by atoms with van der Waals surface area (Å²) >= 11 is 0. The van der Waals surface area contributed by atoms with Crippen LogP contribution in [0, 0.1) is 0 Å². The highest BCUT2D eigenvalue weighted by molar-refractivity contribution is 5.93. The van der Waals surface area contributed by atoms with Crippen molar-refractivity contribution in [3.63, 3.8) is 0 Å². The second-order valence-corrected chi connectivity index (χ2v) is 7.89. The third-order valence-corrected chi connectivity index (χ3v) is 5.80. The minimum absolute atomic E-state index is 0.101. The molecule has 0 saturated carbocycles. The largest absolute Gasteiger partial charge is 0.335 e. The van der Waals surface area contributed by atoms with Gasteiger partial charge in [0.1, 0.15) is 5.69 Å². The van der Waals surface area contributed by atoms with Gasteiger partial charge in [0.25, 0.3) is 11.5 Å². The van der Waals surface area contributed by atoms with Crippen LogP contribution in [-0.4, -0.2) is 73.2 Å². The van der Waals surface area contributed by atoms with Crippen LogP contribution in [0.5, 0.6) is 0 Å². The summed E-state index contributed by atoms with van der Waals surface area (Å²) < 4.78 is 1.50. The van der Waals surface area contributed by atoms with Gasteiger partial charge in [0.2, 0.25) is 0 Å². The summed E-state index contributed by atoms with van der Waals surface area (Å²) in [7, 11) is 0. The molecule has 33 heavy (non-hydrogen) atoms. The van der Waals surface area contributed by atoms with Crippen molar-refractivity contribution in [1.29, 1.82) is 0 Å². The molecule has 0 atom stereocenters. The summed E-state index contributed by atoms with van der Waals surface area (Å²) in [6, 6.07) is 14.5. The van der Waals surface area contributed by atoms with Crippen LogP contribution in [0.1, 0.15) is 10.5 Å². The highest BCUT2D eigenvalue weighted by Crippen LogP contribution is 2.14. The van der Waals surface area contributed by atoms with Crippen molar-refractivity contribution in [1.82, 2.24) is 34.5 Å². The molecule has 9 nitrogen and oxygen atoms in total. The van der Waals surface area contributed by atoms with E-state index in [0.717, 1.165) is 29.9 Å². The van der Waals surface area contributed by atoms with E-state index in [9.17, 15) is 9.59 Å². The molecule has 0 radical (unpaired) electrons. The summed E-state index contributed by atoms with van der Waals surface area (Å²) in [6.07, 6.45) is 4.96. The summed E-state index contributed by atoms with van der Waals surface area (Å²) in [5.41, 5.74) is 3.39. The Balaban J connectivity index is 1.19. The predicted molar refractivity (Wildman–Crippen MR) is 124 cm³/mol. The van der Waals surface area contributed by atoms with Gasteiger partial charge in [-0.15, -0.1) is 0 Å².